The number of benzene rings is 2. The minimum absolute atomic E-state index is 0.447. The minimum Gasteiger partial charge on any atom is -0.434 e. The Balaban J connectivity index is 1.57. The van der Waals surface area contributed by atoms with Gasteiger partial charge in [0.25, 0.3) is 0 Å². The molecule has 0 spiro atoms. The Morgan fingerprint density at radius 3 is 1.28 bits per heavy atom. The van der Waals surface area contributed by atoms with Gasteiger partial charge in [0.1, 0.15) is 0 Å². The molecule has 36 heavy (non-hydrogen) atoms. The Morgan fingerprint density at radius 1 is 0.556 bits per heavy atom. The second kappa shape index (κ2) is 19.8. The average Bonchev–Trinajstić information content (AvgIpc) is 2.92. The number of hydrogen-bond donors (Lipinski definition) is 0. The van der Waals surface area contributed by atoms with Gasteiger partial charge in [0.15, 0.2) is 0 Å². The Morgan fingerprint density at radius 2 is 0.917 bits per heavy atom. The SMILES string of the molecule is CCCCCC(CCCCOC(=O)OCCCCC(CCCCC)c1ccccc1)c1ccccc1. The molecular formula is C33H50O3. The molecule has 0 heterocycles. The Bertz CT molecular complexity index is 709. The van der Waals surface area contributed by atoms with Crippen LogP contribution in [-0.4, -0.2) is 19.4 Å². The molecule has 0 aliphatic heterocycles. The predicted octanol–water partition coefficient (Wildman–Crippen LogP) is 10.2. The lowest BCUT2D eigenvalue weighted by Crippen LogP contribution is -2.10. The molecule has 0 N–H and O–H groups in total. The minimum atomic E-state index is -0.514. The van der Waals surface area contributed by atoms with Crippen LogP contribution >= 0.6 is 0 Å². The highest BCUT2D eigenvalue weighted by molar-refractivity contribution is 5.59. The van der Waals surface area contributed by atoms with Crippen LogP contribution in [0.5, 0.6) is 0 Å². The first-order valence-corrected chi connectivity index (χ1v) is 14.6. The number of carbonyl (C=O) groups excluding carboxylic acids is 1. The van der Waals surface area contributed by atoms with Crippen LogP contribution < -0.4 is 0 Å². The molecule has 0 saturated carbocycles. The quantitative estimate of drug-likeness (QED) is 0.136. The zero-order chi connectivity index (χ0) is 25.7. The fourth-order valence-corrected chi connectivity index (χ4v) is 5.03. The molecule has 0 aliphatic rings. The average molecular weight is 495 g/mol. The van der Waals surface area contributed by atoms with Crippen LogP contribution in [0, 0.1) is 0 Å². The fourth-order valence-electron chi connectivity index (χ4n) is 5.03. The summed E-state index contributed by atoms with van der Waals surface area (Å²) in [6.07, 6.45) is 15.8. The summed E-state index contributed by atoms with van der Waals surface area (Å²) in [5.74, 6) is 1.21. The fraction of sp³-hybridized carbons (Fsp3) is 0.606. The summed E-state index contributed by atoms with van der Waals surface area (Å²) in [4.78, 5) is 12.0. The Kier molecular flexibility index (Phi) is 16.5. The normalized spacial score (nSPS) is 12.7. The predicted molar refractivity (Wildman–Crippen MR) is 152 cm³/mol. The molecule has 2 atom stereocenters. The number of carbonyl (C=O) groups is 1. The lowest BCUT2D eigenvalue weighted by Gasteiger charge is -2.17. The van der Waals surface area contributed by atoms with Gasteiger partial charge in [0.05, 0.1) is 13.2 Å². The standard InChI is InChI=1S/C33H50O3/c1-3-5-9-19-29(31-21-11-7-12-22-31)25-15-17-27-35-33(34)36-28-18-16-26-30(20-10-6-4-2)32-23-13-8-14-24-32/h7-8,11-14,21-24,29-30H,3-6,9-10,15-20,25-28H2,1-2H3. The van der Waals surface area contributed by atoms with Gasteiger partial charge in [-0.25, -0.2) is 4.79 Å². The third-order valence-corrected chi connectivity index (χ3v) is 7.19. The largest absolute Gasteiger partial charge is 0.508 e. The Labute approximate surface area is 221 Å². The highest BCUT2D eigenvalue weighted by atomic mass is 16.7. The molecule has 2 unspecified atom stereocenters. The molecular weight excluding hydrogens is 444 g/mol. The molecule has 0 bridgehead atoms. The van der Waals surface area contributed by atoms with Crippen LogP contribution in [0.1, 0.15) is 127 Å². The van der Waals surface area contributed by atoms with E-state index in [4.69, 9.17) is 9.47 Å². The van der Waals surface area contributed by atoms with Gasteiger partial charge < -0.3 is 9.47 Å². The van der Waals surface area contributed by atoms with Crippen LogP contribution in [0.4, 0.5) is 4.79 Å². The number of rotatable bonds is 20. The summed E-state index contributed by atoms with van der Waals surface area (Å²) in [5.41, 5.74) is 2.88. The number of hydrogen-bond acceptors (Lipinski definition) is 3. The molecule has 2 rings (SSSR count). The monoisotopic (exact) mass is 494 g/mol. The maximum Gasteiger partial charge on any atom is 0.508 e. The first-order valence-electron chi connectivity index (χ1n) is 14.6. The van der Waals surface area contributed by atoms with E-state index < -0.39 is 6.16 Å². The van der Waals surface area contributed by atoms with Crippen molar-refractivity contribution < 1.29 is 14.3 Å². The molecule has 2 aromatic carbocycles. The van der Waals surface area contributed by atoms with E-state index in [0.717, 1.165) is 38.5 Å². The van der Waals surface area contributed by atoms with Gasteiger partial charge in [-0.3, -0.25) is 0 Å². The van der Waals surface area contributed by atoms with E-state index in [2.05, 4.69) is 74.5 Å². The lowest BCUT2D eigenvalue weighted by molar-refractivity contribution is 0.0527. The third-order valence-electron chi connectivity index (χ3n) is 7.19. The van der Waals surface area contributed by atoms with Crippen molar-refractivity contribution in [3.8, 4) is 0 Å². The molecule has 0 radical (unpaired) electrons. The maximum absolute atomic E-state index is 12.0. The summed E-state index contributed by atoms with van der Waals surface area (Å²) in [6, 6.07) is 21.7. The highest BCUT2D eigenvalue weighted by Gasteiger charge is 2.13. The summed E-state index contributed by atoms with van der Waals surface area (Å²) in [7, 11) is 0. The van der Waals surface area contributed by atoms with E-state index in [1.807, 2.05) is 0 Å². The van der Waals surface area contributed by atoms with Gasteiger partial charge in [-0.2, -0.15) is 0 Å². The first-order chi connectivity index (χ1) is 17.7. The molecule has 0 saturated heterocycles. The smallest absolute Gasteiger partial charge is 0.434 e. The van der Waals surface area contributed by atoms with E-state index in [-0.39, 0.29) is 0 Å². The number of unbranched alkanes of at least 4 members (excludes halogenated alkanes) is 6. The molecule has 2 aromatic rings. The molecule has 0 aromatic heterocycles. The van der Waals surface area contributed by atoms with Gasteiger partial charge in [-0.15, -0.1) is 0 Å². The molecule has 200 valence electrons. The van der Waals surface area contributed by atoms with E-state index >= 15 is 0 Å². The van der Waals surface area contributed by atoms with Crippen molar-refractivity contribution >= 4 is 6.16 Å². The molecule has 3 nitrogen and oxygen atoms in total. The van der Waals surface area contributed by atoms with Crippen molar-refractivity contribution in [2.24, 2.45) is 0 Å². The molecule has 3 heteroatoms. The lowest BCUT2D eigenvalue weighted by atomic mass is 9.89. The van der Waals surface area contributed by atoms with Crippen LogP contribution in [0.15, 0.2) is 60.7 Å². The van der Waals surface area contributed by atoms with Crippen molar-refractivity contribution in [1.29, 1.82) is 0 Å². The third kappa shape index (κ3) is 13.1. The second-order valence-corrected chi connectivity index (χ2v) is 10.1. The van der Waals surface area contributed by atoms with Crippen molar-refractivity contribution in [3.63, 3.8) is 0 Å². The first kappa shape index (κ1) is 29.9. The van der Waals surface area contributed by atoms with Crippen LogP contribution in [-0.2, 0) is 9.47 Å². The molecule has 0 amide bonds. The van der Waals surface area contributed by atoms with Crippen LogP contribution in [0.2, 0.25) is 0 Å². The van der Waals surface area contributed by atoms with E-state index in [1.165, 1.54) is 62.5 Å². The van der Waals surface area contributed by atoms with Crippen LogP contribution in [0.3, 0.4) is 0 Å². The van der Waals surface area contributed by atoms with Gasteiger partial charge >= 0.3 is 6.16 Å². The van der Waals surface area contributed by atoms with Crippen molar-refractivity contribution in [2.45, 2.75) is 116 Å². The van der Waals surface area contributed by atoms with E-state index in [9.17, 15) is 4.79 Å². The zero-order valence-corrected chi connectivity index (χ0v) is 23.0. The number of ether oxygens (including phenoxy) is 2. The highest BCUT2D eigenvalue weighted by Crippen LogP contribution is 2.29. The van der Waals surface area contributed by atoms with Crippen molar-refractivity contribution in [1.82, 2.24) is 0 Å². The molecule has 0 aliphatic carbocycles. The van der Waals surface area contributed by atoms with E-state index in [1.54, 1.807) is 0 Å². The van der Waals surface area contributed by atoms with Crippen molar-refractivity contribution in [2.75, 3.05) is 13.2 Å². The van der Waals surface area contributed by atoms with E-state index in [0.29, 0.717) is 25.0 Å². The molecule has 0 fully saturated rings. The second-order valence-electron chi connectivity index (χ2n) is 10.1. The van der Waals surface area contributed by atoms with Gasteiger partial charge in [-0.1, -0.05) is 113 Å². The Hall–Kier alpha value is -2.29. The van der Waals surface area contributed by atoms with Gasteiger partial charge in [0.2, 0.25) is 0 Å². The summed E-state index contributed by atoms with van der Waals surface area (Å²) < 4.78 is 10.7. The van der Waals surface area contributed by atoms with Gasteiger partial charge in [0, 0.05) is 0 Å². The summed E-state index contributed by atoms with van der Waals surface area (Å²) >= 11 is 0. The van der Waals surface area contributed by atoms with Crippen molar-refractivity contribution in [3.05, 3.63) is 71.8 Å². The van der Waals surface area contributed by atoms with Gasteiger partial charge in [-0.05, 0) is 74.3 Å². The maximum atomic E-state index is 12.0. The zero-order valence-electron chi connectivity index (χ0n) is 23.0. The summed E-state index contributed by atoms with van der Waals surface area (Å²) in [5, 5.41) is 0. The van der Waals surface area contributed by atoms with Crippen LogP contribution in [0.25, 0.3) is 0 Å². The summed E-state index contributed by atoms with van der Waals surface area (Å²) in [6.45, 7) is 5.40. The topological polar surface area (TPSA) is 35.5 Å².